The van der Waals surface area contributed by atoms with E-state index >= 15 is 0 Å². The summed E-state index contributed by atoms with van der Waals surface area (Å²) in [5.74, 6) is 0.145. The van der Waals surface area contributed by atoms with Crippen LogP contribution in [0, 0.1) is 5.92 Å². The van der Waals surface area contributed by atoms with E-state index < -0.39 is 0 Å². The van der Waals surface area contributed by atoms with Gasteiger partial charge in [0.1, 0.15) is 0 Å². The van der Waals surface area contributed by atoms with E-state index in [9.17, 15) is 9.59 Å². The van der Waals surface area contributed by atoms with Crippen molar-refractivity contribution in [2.24, 2.45) is 5.92 Å². The molecule has 0 radical (unpaired) electrons. The van der Waals surface area contributed by atoms with Gasteiger partial charge in [0.15, 0.2) is 0 Å². The molecule has 0 N–H and O–H groups in total. The highest BCUT2D eigenvalue weighted by Crippen LogP contribution is 2.30. The monoisotopic (exact) mass is 354 g/mol. The Balaban J connectivity index is 1.50. The van der Waals surface area contributed by atoms with Crippen molar-refractivity contribution in [1.82, 2.24) is 4.90 Å². The highest BCUT2D eigenvalue weighted by atomic mass is 32.1. The van der Waals surface area contributed by atoms with Gasteiger partial charge in [0.2, 0.25) is 5.91 Å². The predicted molar refractivity (Wildman–Crippen MR) is 100 cm³/mol. The molecule has 4 rings (SSSR count). The lowest BCUT2D eigenvalue weighted by Gasteiger charge is -2.37. The maximum absolute atomic E-state index is 13.2. The Morgan fingerprint density at radius 2 is 1.92 bits per heavy atom. The highest BCUT2D eigenvalue weighted by Gasteiger charge is 2.33. The molecular weight excluding hydrogens is 332 g/mol. The second-order valence-corrected chi connectivity index (χ2v) is 7.74. The van der Waals surface area contributed by atoms with Gasteiger partial charge in [-0.05, 0) is 48.8 Å². The quantitative estimate of drug-likeness (QED) is 0.827. The van der Waals surface area contributed by atoms with E-state index in [2.05, 4.69) is 6.07 Å². The number of likely N-dealkylation sites (tertiary alicyclic amines) is 1. The van der Waals surface area contributed by atoms with Crippen LogP contribution < -0.4 is 4.90 Å². The van der Waals surface area contributed by atoms with Crippen molar-refractivity contribution in [2.45, 2.75) is 25.7 Å². The SMILES string of the molecule is O=C(c1cccs1)N1CCCC(C(=O)N2CCCc3ccccc32)C1. The van der Waals surface area contributed by atoms with Crippen molar-refractivity contribution in [3.63, 3.8) is 0 Å². The number of carbonyl (C=O) groups excluding carboxylic acids is 2. The summed E-state index contributed by atoms with van der Waals surface area (Å²) in [4.78, 5) is 30.3. The van der Waals surface area contributed by atoms with E-state index in [1.807, 2.05) is 45.5 Å². The van der Waals surface area contributed by atoms with Crippen molar-refractivity contribution in [3.05, 3.63) is 52.2 Å². The lowest BCUT2D eigenvalue weighted by molar-refractivity contribution is -0.123. The molecule has 2 aromatic rings. The molecule has 0 spiro atoms. The third-order valence-electron chi connectivity index (χ3n) is 5.17. The fourth-order valence-corrected chi connectivity index (χ4v) is 4.59. The van der Waals surface area contributed by atoms with Crippen LogP contribution in [0.2, 0.25) is 0 Å². The third-order valence-corrected chi connectivity index (χ3v) is 6.02. The molecule has 1 saturated heterocycles. The van der Waals surface area contributed by atoms with Crippen molar-refractivity contribution < 1.29 is 9.59 Å². The number of carbonyl (C=O) groups is 2. The normalized spacial score (nSPS) is 20.2. The van der Waals surface area contributed by atoms with Gasteiger partial charge in [-0.2, -0.15) is 0 Å². The standard InChI is InChI=1S/C20H22N2O2S/c23-19(22-12-4-7-15-6-1-2-9-17(15)22)16-8-3-11-21(14-16)20(24)18-10-5-13-25-18/h1-2,5-6,9-10,13,16H,3-4,7-8,11-12,14H2. The first-order valence-corrected chi connectivity index (χ1v) is 9.84. The maximum atomic E-state index is 13.2. The average molecular weight is 354 g/mol. The molecule has 1 aromatic heterocycles. The Hall–Kier alpha value is -2.14. The molecule has 1 aromatic carbocycles. The van der Waals surface area contributed by atoms with Gasteiger partial charge in [0, 0.05) is 25.3 Å². The number of fused-ring (bicyclic) bond motifs is 1. The lowest BCUT2D eigenvalue weighted by atomic mass is 9.94. The van der Waals surface area contributed by atoms with E-state index in [4.69, 9.17) is 0 Å². The minimum atomic E-state index is -0.0937. The zero-order valence-corrected chi connectivity index (χ0v) is 15.0. The fraction of sp³-hybridized carbons (Fsp3) is 0.400. The molecule has 1 atom stereocenters. The molecule has 130 valence electrons. The van der Waals surface area contributed by atoms with Gasteiger partial charge in [-0.25, -0.2) is 0 Å². The molecule has 2 amide bonds. The Bertz CT molecular complexity index is 772. The summed E-state index contributed by atoms with van der Waals surface area (Å²) in [6.07, 6.45) is 3.80. The van der Waals surface area contributed by atoms with Crippen LogP contribution in [-0.2, 0) is 11.2 Å². The van der Waals surface area contributed by atoms with Crippen LogP contribution in [0.15, 0.2) is 41.8 Å². The van der Waals surface area contributed by atoms with Gasteiger partial charge in [0.25, 0.3) is 5.91 Å². The summed E-state index contributed by atoms with van der Waals surface area (Å²) in [7, 11) is 0. The topological polar surface area (TPSA) is 40.6 Å². The van der Waals surface area contributed by atoms with Gasteiger partial charge >= 0.3 is 0 Å². The van der Waals surface area contributed by atoms with E-state index in [1.54, 1.807) is 0 Å². The summed E-state index contributed by atoms with van der Waals surface area (Å²) in [6.45, 7) is 2.07. The Morgan fingerprint density at radius 1 is 1.04 bits per heavy atom. The molecule has 3 heterocycles. The number of thiophene rings is 1. The summed E-state index contributed by atoms with van der Waals surface area (Å²) in [5, 5.41) is 1.92. The molecule has 1 fully saturated rings. The highest BCUT2D eigenvalue weighted by molar-refractivity contribution is 7.12. The van der Waals surface area contributed by atoms with Crippen molar-refractivity contribution in [1.29, 1.82) is 0 Å². The van der Waals surface area contributed by atoms with E-state index in [0.717, 1.165) is 49.3 Å². The van der Waals surface area contributed by atoms with Gasteiger partial charge in [0.05, 0.1) is 10.8 Å². The molecule has 2 aliphatic heterocycles. The average Bonchev–Trinajstić information content (AvgIpc) is 3.21. The maximum Gasteiger partial charge on any atom is 0.263 e. The number of piperidine rings is 1. The second kappa shape index (κ2) is 7.00. The summed E-state index contributed by atoms with van der Waals surface area (Å²) in [6, 6.07) is 12.0. The number of amides is 2. The summed E-state index contributed by atoms with van der Waals surface area (Å²) < 4.78 is 0. The van der Waals surface area contributed by atoms with Crippen LogP contribution in [0.25, 0.3) is 0 Å². The van der Waals surface area contributed by atoms with Crippen LogP contribution in [0.5, 0.6) is 0 Å². The van der Waals surface area contributed by atoms with Gasteiger partial charge in [-0.1, -0.05) is 24.3 Å². The van der Waals surface area contributed by atoms with E-state index in [-0.39, 0.29) is 17.7 Å². The van der Waals surface area contributed by atoms with Gasteiger partial charge in [-0.3, -0.25) is 9.59 Å². The number of para-hydroxylation sites is 1. The number of nitrogens with zero attached hydrogens (tertiary/aromatic N) is 2. The molecule has 2 aliphatic rings. The minimum absolute atomic E-state index is 0.0616. The molecule has 5 heteroatoms. The van der Waals surface area contributed by atoms with Gasteiger partial charge < -0.3 is 9.80 Å². The fourth-order valence-electron chi connectivity index (χ4n) is 3.90. The smallest absolute Gasteiger partial charge is 0.263 e. The largest absolute Gasteiger partial charge is 0.337 e. The van der Waals surface area contributed by atoms with E-state index in [0.29, 0.717) is 6.54 Å². The first-order chi connectivity index (χ1) is 12.2. The Kier molecular flexibility index (Phi) is 4.57. The zero-order chi connectivity index (χ0) is 17.2. The Morgan fingerprint density at radius 3 is 2.76 bits per heavy atom. The summed E-state index contributed by atoms with van der Waals surface area (Å²) in [5.41, 5.74) is 2.31. The van der Waals surface area contributed by atoms with Crippen molar-refractivity contribution >= 4 is 28.8 Å². The number of aryl methyl sites for hydroxylation is 1. The number of anilines is 1. The number of rotatable bonds is 2. The lowest BCUT2D eigenvalue weighted by Crippen LogP contribution is -2.47. The first-order valence-electron chi connectivity index (χ1n) is 8.96. The molecule has 1 unspecified atom stereocenters. The van der Waals surface area contributed by atoms with Crippen molar-refractivity contribution in [3.8, 4) is 0 Å². The van der Waals surface area contributed by atoms with Crippen molar-refractivity contribution in [2.75, 3.05) is 24.5 Å². The molecule has 25 heavy (non-hydrogen) atoms. The molecule has 0 saturated carbocycles. The van der Waals surface area contributed by atoms with E-state index in [1.165, 1.54) is 16.9 Å². The molecular formula is C20H22N2O2S. The summed E-state index contributed by atoms with van der Waals surface area (Å²) >= 11 is 1.47. The van der Waals surface area contributed by atoms with Crippen LogP contribution in [0.1, 0.15) is 34.5 Å². The number of hydrogen-bond donors (Lipinski definition) is 0. The Labute approximate surface area is 152 Å². The predicted octanol–water partition coefficient (Wildman–Crippen LogP) is 3.58. The van der Waals surface area contributed by atoms with Crippen LogP contribution in [0.3, 0.4) is 0 Å². The van der Waals surface area contributed by atoms with Crippen LogP contribution in [0.4, 0.5) is 5.69 Å². The molecule has 0 aliphatic carbocycles. The molecule has 0 bridgehead atoms. The zero-order valence-electron chi connectivity index (χ0n) is 14.2. The van der Waals surface area contributed by atoms with Crippen LogP contribution >= 0.6 is 11.3 Å². The second-order valence-electron chi connectivity index (χ2n) is 6.79. The molecule has 4 nitrogen and oxygen atoms in total. The number of hydrogen-bond acceptors (Lipinski definition) is 3. The van der Waals surface area contributed by atoms with Crippen LogP contribution in [-0.4, -0.2) is 36.3 Å². The number of benzene rings is 1. The van der Waals surface area contributed by atoms with Gasteiger partial charge in [-0.15, -0.1) is 11.3 Å². The first kappa shape index (κ1) is 16.3. The third kappa shape index (κ3) is 3.21. The minimum Gasteiger partial charge on any atom is -0.337 e.